The average molecular weight is 507 g/mol. The first-order valence-electron chi connectivity index (χ1n) is 10.4. The van der Waals surface area contributed by atoms with E-state index in [0.29, 0.717) is 16.8 Å². The van der Waals surface area contributed by atoms with Crippen LogP contribution < -0.4 is 14.8 Å². The van der Waals surface area contributed by atoms with Crippen molar-refractivity contribution in [3.05, 3.63) is 114 Å². The number of hydrogen-bond acceptors (Lipinski definition) is 5. The number of carbonyl (C=O) groups excluding carboxylic acids is 2. The van der Waals surface area contributed by atoms with Gasteiger partial charge in [0.25, 0.3) is 5.91 Å². The van der Waals surface area contributed by atoms with E-state index in [-0.39, 0.29) is 21.2 Å². The highest BCUT2D eigenvalue weighted by molar-refractivity contribution is 7.87. The Kier molecular flexibility index (Phi) is 7.14. The molecule has 7 nitrogen and oxygen atoms in total. The van der Waals surface area contributed by atoms with Gasteiger partial charge in [0.2, 0.25) is 0 Å². The molecule has 0 bridgehead atoms. The zero-order chi connectivity index (χ0) is 24.8. The van der Waals surface area contributed by atoms with Crippen LogP contribution in [0.15, 0.2) is 108 Å². The standard InChI is InChI=1S/C26H19ClN2O5S/c27-23-14-8-7-13-21(23)25(30)29-26(31)28-19-15-16-24(22(17-19)18-9-3-1-4-10-18)34-35(32,33)20-11-5-2-6-12-20/h1-17H,(H2,28,29,30,31). The molecule has 0 aliphatic heterocycles. The number of rotatable bonds is 6. The molecule has 0 atom stereocenters. The Morgan fingerprint density at radius 2 is 1.40 bits per heavy atom. The lowest BCUT2D eigenvalue weighted by Crippen LogP contribution is -2.34. The highest BCUT2D eigenvalue weighted by Crippen LogP contribution is 2.34. The minimum atomic E-state index is -4.09. The predicted molar refractivity (Wildman–Crippen MR) is 134 cm³/mol. The van der Waals surface area contributed by atoms with Crippen LogP contribution in [0.25, 0.3) is 11.1 Å². The van der Waals surface area contributed by atoms with Crippen LogP contribution in [-0.2, 0) is 10.1 Å². The van der Waals surface area contributed by atoms with E-state index in [2.05, 4.69) is 10.6 Å². The molecule has 4 aromatic carbocycles. The normalized spacial score (nSPS) is 10.9. The molecule has 0 aliphatic carbocycles. The molecule has 0 aromatic heterocycles. The van der Waals surface area contributed by atoms with Crippen LogP contribution >= 0.6 is 11.6 Å². The minimum absolute atomic E-state index is 0.0127. The van der Waals surface area contributed by atoms with E-state index in [1.54, 1.807) is 66.7 Å². The fraction of sp³-hybridized carbons (Fsp3) is 0. The number of imide groups is 1. The fourth-order valence-electron chi connectivity index (χ4n) is 3.26. The number of hydrogen-bond donors (Lipinski definition) is 2. The number of halogens is 1. The second kappa shape index (κ2) is 10.4. The summed E-state index contributed by atoms with van der Waals surface area (Å²) in [5.74, 6) is -0.580. The fourth-order valence-corrected chi connectivity index (χ4v) is 4.45. The number of nitrogens with one attached hydrogen (secondary N) is 2. The monoisotopic (exact) mass is 506 g/mol. The maximum Gasteiger partial charge on any atom is 0.339 e. The van der Waals surface area contributed by atoms with Gasteiger partial charge in [-0.25, -0.2) is 4.79 Å². The number of amides is 3. The van der Waals surface area contributed by atoms with E-state index >= 15 is 0 Å². The van der Waals surface area contributed by atoms with Gasteiger partial charge in [-0.3, -0.25) is 10.1 Å². The third kappa shape index (κ3) is 5.87. The molecule has 0 saturated carbocycles. The van der Waals surface area contributed by atoms with Crippen molar-refractivity contribution in [2.75, 3.05) is 5.32 Å². The summed E-state index contributed by atoms with van der Waals surface area (Å²) in [6, 6.07) is 26.8. The van der Waals surface area contributed by atoms with E-state index in [4.69, 9.17) is 15.8 Å². The summed E-state index contributed by atoms with van der Waals surface area (Å²) in [6.07, 6.45) is 0. The van der Waals surface area contributed by atoms with Crippen molar-refractivity contribution >= 4 is 39.3 Å². The summed E-state index contributed by atoms with van der Waals surface area (Å²) in [4.78, 5) is 24.8. The van der Waals surface area contributed by atoms with Crippen molar-refractivity contribution in [1.82, 2.24) is 5.32 Å². The van der Waals surface area contributed by atoms with Crippen molar-refractivity contribution in [3.63, 3.8) is 0 Å². The van der Waals surface area contributed by atoms with Crippen LogP contribution in [0.3, 0.4) is 0 Å². The average Bonchev–Trinajstić information content (AvgIpc) is 2.86. The van der Waals surface area contributed by atoms with Gasteiger partial charge in [0.05, 0.1) is 10.6 Å². The SMILES string of the molecule is O=C(NC(=O)c1ccccc1Cl)Nc1ccc(OS(=O)(=O)c2ccccc2)c(-c2ccccc2)c1. The van der Waals surface area contributed by atoms with Gasteiger partial charge in [-0.15, -0.1) is 0 Å². The van der Waals surface area contributed by atoms with Gasteiger partial charge in [0.1, 0.15) is 4.90 Å². The zero-order valence-corrected chi connectivity index (χ0v) is 19.7. The van der Waals surface area contributed by atoms with Crippen LogP contribution in [0.4, 0.5) is 10.5 Å². The molecule has 4 rings (SSSR count). The van der Waals surface area contributed by atoms with Crippen molar-refractivity contribution in [2.24, 2.45) is 0 Å². The number of carbonyl (C=O) groups is 2. The second-order valence-electron chi connectivity index (χ2n) is 7.32. The molecular formula is C26H19ClN2O5S. The largest absolute Gasteiger partial charge is 0.378 e. The molecule has 0 heterocycles. The third-order valence-electron chi connectivity index (χ3n) is 4.90. The topological polar surface area (TPSA) is 102 Å². The van der Waals surface area contributed by atoms with Crippen LogP contribution in [0, 0.1) is 0 Å². The minimum Gasteiger partial charge on any atom is -0.378 e. The van der Waals surface area contributed by atoms with E-state index in [1.807, 2.05) is 6.07 Å². The summed E-state index contributed by atoms with van der Waals surface area (Å²) in [5.41, 5.74) is 1.57. The molecule has 0 saturated heterocycles. The van der Waals surface area contributed by atoms with Gasteiger partial charge < -0.3 is 9.50 Å². The first kappa shape index (κ1) is 24.0. The highest BCUT2D eigenvalue weighted by Gasteiger charge is 2.20. The summed E-state index contributed by atoms with van der Waals surface area (Å²) >= 11 is 6.01. The molecule has 3 amide bonds. The molecule has 35 heavy (non-hydrogen) atoms. The number of anilines is 1. The Labute approximate surface area is 207 Å². The van der Waals surface area contributed by atoms with Gasteiger partial charge in [-0.1, -0.05) is 72.3 Å². The Balaban J connectivity index is 1.60. The lowest BCUT2D eigenvalue weighted by Gasteiger charge is -2.14. The molecule has 176 valence electrons. The van der Waals surface area contributed by atoms with Crippen LogP contribution in [-0.4, -0.2) is 20.4 Å². The van der Waals surface area contributed by atoms with Gasteiger partial charge in [-0.2, -0.15) is 8.42 Å². The number of benzene rings is 4. The molecule has 0 unspecified atom stereocenters. The van der Waals surface area contributed by atoms with Gasteiger partial charge >= 0.3 is 16.1 Å². The van der Waals surface area contributed by atoms with E-state index in [9.17, 15) is 18.0 Å². The smallest absolute Gasteiger partial charge is 0.339 e. The van der Waals surface area contributed by atoms with Gasteiger partial charge in [-0.05, 0) is 48.0 Å². The lowest BCUT2D eigenvalue weighted by molar-refractivity contribution is 0.0967. The van der Waals surface area contributed by atoms with Crippen molar-refractivity contribution in [3.8, 4) is 16.9 Å². The first-order valence-corrected chi connectivity index (χ1v) is 12.2. The van der Waals surface area contributed by atoms with E-state index in [1.165, 1.54) is 30.3 Å². The Morgan fingerprint density at radius 1 is 0.771 bits per heavy atom. The van der Waals surface area contributed by atoms with E-state index in [0.717, 1.165) is 0 Å². The van der Waals surface area contributed by atoms with Crippen LogP contribution in [0.5, 0.6) is 5.75 Å². The predicted octanol–water partition coefficient (Wildman–Crippen LogP) is 5.74. The molecule has 0 radical (unpaired) electrons. The third-order valence-corrected chi connectivity index (χ3v) is 6.48. The molecule has 2 N–H and O–H groups in total. The van der Waals surface area contributed by atoms with Gasteiger partial charge in [0, 0.05) is 11.3 Å². The summed E-state index contributed by atoms with van der Waals surface area (Å²) < 4.78 is 31.0. The second-order valence-corrected chi connectivity index (χ2v) is 9.27. The van der Waals surface area contributed by atoms with Gasteiger partial charge in [0.15, 0.2) is 5.75 Å². The van der Waals surface area contributed by atoms with Crippen LogP contribution in [0.1, 0.15) is 10.4 Å². The molecular weight excluding hydrogens is 488 g/mol. The summed E-state index contributed by atoms with van der Waals surface area (Å²) in [6.45, 7) is 0. The molecule has 0 fully saturated rings. The van der Waals surface area contributed by atoms with Crippen LogP contribution in [0.2, 0.25) is 5.02 Å². The quantitative estimate of drug-likeness (QED) is 0.325. The van der Waals surface area contributed by atoms with Crippen molar-refractivity contribution in [2.45, 2.75) is 4.90 Å². The molecule has 9 heteroatoms. The maximum absolute atomic E-state index is 12.8. The Hall–Kier alpha value is -4.14. The molecule has 0 spiro atoms. The number of urea groups is 1. The summed E-state index contributed by atoms with van der Waals surface area (Å²) in [5, 5.41) is 5.01. The van der Waals surface area contributed by atoms with E-state index < -0.39 is 22.1 Å². The zero-order valence-electron chi connectivity index (χ0n) is 18.1. The lowest BCUT2D eigenvalue weighted by atomic mass is 10.0. The van der Waals surface area contributed by atoms with Crippen molar-refractivity contribution in [1.29, 1.82) is 0 Å². The summed E-state index contributed by atoms with van der Waals surface area (Å²) in [7, 11) is -4.09. The Bertz CT molecular complexity index is 1480. The molecule has 4 aromatic rings. The maximum atomic E-state index is 12.8. The van der Waals surface area contributed by atoms with Crippen molar-refractivity contribution < 1.29 is 22.2 Å². The first-order chi connectivity index (χ1) is 16.8. The Morgan fingerprint density at radius 3 is 2.09 bits per heavy atom. The molecule has 0 aliphatic rings. The highest BCUT2D eigenvalue weighted by atomic mass is 35.5.